The van der Waals surface area contributed by atoms with Crippen molar-refractivity contribution in [3.05, 3.63) is 76.0 Å². The van der Waals surface area contributed by atoms with Crippen LogP contribution in [0, 0.1) is 10.1 Å². The second-order valence-electron chi connectivity index (χ2n) is 5.74. The third-order valence-electron chi connectivity index (χ3n) is 3.95. The van der Waals surface area contributed by atoms with E-state index >= 15 is 0 Å². The van der Waals surface area contributed by atoms with Crippen LogP contribution >= 0.6 is 0 Å². The Bertz CT molecular complexity index is 993. The van der Waals surface area contributed by atoms with Crippen molar-refractivity contribution < 1.29 is 14.5 Å². The number of non-ortho nitro benzene ring substituents is 1. The molecule has 0 bridgehead atoms. The highest BCUT2D eigenvalue weighted by Gasteiger charge is 2.09. The van der Waals surface area contributed by atoms with Crippen LogP contribution in [-0.4, -0.2) is 28.4 Å². The summed E-state index contributed by atoms with van der Waals surface area (Å²) < 4.78 is 6.79. The molecule has 8 heteroatoms. The number of carbonyl (C=O) groups excluding carboxylic acids is 1. The molecule has 1 heterocycles. The molecule has 0 spiro atoms. The fourth-order valence-electron chi connectivity index (χ4n) is 2.75. The smallest absolute Gasteiger partial charge is 0.427 e. The SMILES string of the molecule is CCOC(=O)N/N=C\c1cn(Cc2ccc([N+](=O)[O-])cc2)c2ccccc12. The second kappa shape index (κ2) is 8.13. The lowest BCUT2D eigenvalue weighted by atomic mass is 10.2. The van der Waals surface area contributed by atoms with Crippen molar-refractivity contribution in [2.75, 3.05) is 6.61 Å². The van der Waals surface area contributed by atoms with Crippen LogP contribution in [0.5, 0.6) is 0 Å². The van der Waals surface area contributed by atoms with Gasteiger partial charge in [-0.15, -0.1) is 0 Å². The molecule has 138 valence electrons. The number of hydrazone groups is 1. The van der Waals surface area contributed by atoms with Gasteiger partial charge in [-0.05, 0) is 18.6 Å². The molecule has 0 saturated heterocycles. The van der Waals surface area contributed by atoms with E-state index in [4.69, 9.17) is 4.74 Å². The molecule has 2 aromatic carbocycles. The van der Waals surface area contributed by atoms with Crippen LogP contribution in [0.25, 0.3) is 10.9 Å². The minimum absolute atomic E-state index is 0.0639. The van der Waals surface area contributed by atoms with E-state index in [0.29, 0.717) is 6.54 Å². The first-order valence-electron chi connectivity index (χ1n) is 8.35. The van der Waals surface area contributed by atoms with Crippen molar-refractivity contribution in [3.8, 4) is 0 Å². The molecule has 0 unspecified atom stereocenters. The molecule has 1 amide bonds. The van der Waals surface area contributed by atoms with Crippen molar-refractivity contribution in [1.29, 1.82) is 0 Å². The molecule has 8 nitrogen and oxygen atoms in total. The summed E-state index contributed by atoms with van der Waals surface area (Å²) in [5, 5.41) is 15.7. The van der Waals surface area contributed by atoms with Crippen LogP contribution in [0.15, 0.2) is 59.8 Å². The topological polar surface area (TPSA) is 98.8 Å². The molecular weight excluding hydrogens is 348 g/mol. The summed E-state index contributed by atoms with van der Waals surface area (Å²) in [6, 6.07) is 14.3. The number of ether oxygens (including phenoxy) is 1. The number of benzene rings is 2. The lowest BCUT2D eigenvalue weighted by molar-refractivity contribution is -0.384. The van der Waals surface area contributed by atoms with E-state index < -0.39 is 11.0 Å². The maximum atomic E-state index is 11.3. The zero-order valence-corrected chi connectivity index (χ0v) is 14.7. The summed E-state index contributed by atoms with van der Waals surface area (Å²) in [6.45, 7) is 2.54. The molecule has 0 atom stereocenters. The van der Waals surface area contributed by atoms with E-state index in [9.17, 15) is 14.9 Å². The minimum atomic E-state index is -0.608. The molecule has 0 aliphatic carbocycles. The first-order valence-corrected chi connectivity index (χ1v) is 8.35. The Morgan fingerprint density at radius 2 is 2.00 bits per heavy atom. The molecular formula is C19H18N4O4. The number of nitrogens with one attached hydrogen (secondary N) is 1. The monoisotopic (exact) mass is 366 g/mol. The van der Waals surface area contributed by atoms with E-state index in [2.05, 4.69) is 10.5 Å². The summed E-state index contributed by atoms with van der Waals surface area (Å²) in [7, 11) is 0. The summed E-state index contributed by atoms with van der Waals surface area (Å²) in [5.41, 5.74) is 5.14. The largest absolute Gasteiger partial charge is 0.449 e. The van der Waals surface area contributed by atoms with Gasteiger partial charge in [0.1, 0.15) is 0 Å². The van der Waals surface area contributed by atoms with E-state index in [0.717, 1.165) is 22.0 Å². The van der Waals surface area contributed by atoms with Gasteiger partial charge in [0.2, 0.25) is 0 Å². The molecule has 3 aromatic rings. The Morgan fingerprint density at radius 1 is 1.26 bits per heavy atom. The van der Waals surface area contributed by atoms with Gasteiger partial charge in [0.25, 0.3) is 5.69 Å². The van der Waals surface area contributed by atoms with Crippen molar-refractivity contribution in [2.45, 2.75) is 13.5 Å². The van der Waals surface area contributed by atoms with E-state index in [-0.39, 0.29) is 12.3 Å². The quantitative estimate of drug-likeness (QED) is 0.409. The van der Waals surface area contributed by atoms with Gasteiger partial charge < -0.3 is 9.30 Å². The zero-order valence-electron chi connectivity index (χ0n) is 14.7. The first kappa shape index (κ1) is 18.1. The average molecular weight is 366 g/mol. The number of amides is 1. The van der Waals surface area contributed by atoms with E-state index in [1.807, 2.05) is 35.0 Å². The molecule has 0 fully saturated rings. The number of carbonyl (C=O) groups is 1. The van der Waals surface area contributed by atoms with Crippen LogP contribution in [-0.2, 0) is 11.3 Å². The standard InChI is InChI=1S/C19H18N4O4/c1-2-27-19(24)21-20-11-15-13-22(18-6-4-3-5-17(15)18)12-14-7-9-16(10-8-14)23(25)26/h3-11,13H,2,12H2,1H3,(H,21,24)/b20-11-. The van der Waals surface area contributed by atoms with Crippen LogP contribution in [0.4, 0.5) is 10.5 Å². The summed E-state index contributed by atoms with van der Waals surface area (Å²) >= 11 is 0. The molecule has 0 saturated carbocycles. The van der Waals surface area contributed by atoms with E-state index in [1.165, 1.54) is 12.1 Å². The highest BCUT2D eigenvalue weighted by molar-refractivity contribution is 5.99. The van der Waals surface area contributed by atoms with Crippen LogP contribution in [0.1, 0.15) is 18.1 Å². The Labute approximate surface area is 155 Å². The fraction of sp³-hybridized carbons (Fsp3) is 0.158. The highest BCUT2D eigenvalue weighted by atomic mass is 16.6. The Balaban J connectivity index is 1.84. The molecule has 0 aliphatic heterocycles. The lowest BCUT2D eigenvalue weighted by Crippen LogP contribution is -2.18. The van der Waals surface area contributed by atoms with Gasteiger partial charge in [0, 0.05) is 41.3 Å². The fourth-order valence-corrected chi connectivity index (χ4v) is 2.75. The number of nitro benzene ring substituents is 1. The molecule has 1 aromatic heterocycles. The van der Waals surface area contributed by atoms with Crippen molar-refractivity contribution in [2.24, 2.45) is 5.10 Å². The Morgan fingerprint density at radius 3 is 2.70 bits per heavy atom. The predicted octanol–water partition coefficient (Wildman–Crippen LogP) is 3.68. The van der Waals surface area contributed by atoms with Gasteiger partial charge >= 0.3 is 6.09 Å². The number of aromatic nitrogens is 1. The number of nitrogens with zero attached hydrogens (tertiary/aromatic N) is 3. The molecule has 27 heavy (non-hydrogen) atoms. The normalized spacial score (nSPS) is 11.0. The number of para-hydroxylation sites is 1. The number of hydrogen-bond donors (Lipinski definition) is 1. The molecule has 3 rings (SSSR count). The highest BCUT2D eigenvalue weighted by Crippen LogP contribution is 2.22. The zero-order chi connectivity index (χ0) is 19.2. The van der Waals surface area contributed by atoms with Gasteiger partial charge in [-0.1, -0.05) is 30.3 Å². The van der Waals surface area contributed by atoms with Crippen molar-refractivity contribution in [3.63, 3.8) is 0 Å². The van der Waals surface area contributed by atoms with Crippen molar-refractivity contribution >= 4 is 28.9 Å². The van der Waals surface area contributed by atoms with Gasteiger partial charge in [-0.2, -0.15) is 5.10 Å². The number of hydrogen-bond acceptors (Lipinski definition) is 5. The maximum Gasteiger partial charge on any atom is 0.427 e. The maximum absolute atomic E-state index is 11.3. The van der Waals surface area contributed by atoms with E-state index in [1.54, 1.807) is 25.3 Å². The summed E-state index contributed by atoms with van der Waals surface area (Å²) in [5.74, 6) is 0. The number of rotatable bonds is 6. The predicted molar refractivity (Wildman–Crippen MR) is 102 cm³/mol. The summed E-state index contributed by atoms with van der Waals surface area (Å²) in [6.07, 6.45) is 2.87. The van der Waals surface area contributed by atoms with Gasteiger partial charge in [-0.25, -0.2) is 10.2 Å². The van der Waals surface area contributed by atoms with Crippen LogP contribution in [0.2, 0.25) is 0 Å². The van der Waals surface area contributed by atoms with Crippen LogP contribution < -0.4 is 5.43 Å². The van der Waals surface area contributed by atoms with Gasteiger partial charge in [0.05, 0.1) is 17.7 Å². The Kier molecular flexibility index (Phi) is 5.46. The Hall–Kier alpha value is -3.68. The molecule has 0 aliphatic rings. The lowest BCUT2D eigenvalue weighted by Gasteiger charge is -2.05. The third-order valence-corrected chi connectivity index (χ3v) is 3.95. The molecule has 1 N–H and O–H groups in total. The molecule has 0 radical (unpaired) electrons. The number of fused-ring (bicyclic) bond motifs is 1. The minimum Gasteiger partial charge on any atom is -0.449 e. The summed E-state index contributed by atoms with van der Waals surface area (Å²) in [4.78, 5) is 21.7. The second-order valence-corrected chi connectivity index (χ2v) is 5.74. The van der Waals surface area contributed by atoms with Crippen molar-refractivity contribution in [1.82, 2.24) is 9.99 Å². The van der Waals surface area contributed by atoms with Gasteiger partial charge in [-0.3, -0.25) is 10.1 Å². The first-order chi connectivity index (χ1) is 13.1. The third kappa shape index (κ3) is 4.30. The number of nitro groups is 1. The van der Waals surface area contributed by atoms with Crippen LogP contribution in [0.3, 0.4) is 0 Å². The van der Waals surface area contributed by atoms with Gasteiger partial charge in [0.15, 0.2) is 0 Å². The average Bonchev–Trinajstić information content (AvgIpc) is 3.00.